The number of aromatic nitrogens is 2. The number of nitrogens with zero attached hydrogens (tertiary/aromatic N) is 2. The molecule has 0 amide bonds. The molecule has 0 bridgehead atoms. The first-order valence-electron chi connectivity index (χ1n) is 5.34. The number of aryl methyl sites for hydroxylation is 1. The fraction of sp³-hybridized carbons (Fsp3) is 0.636. The molecule has 0 aromatic carbocycles. The van der Waals surface area contributed by atoms with Crippen LogP contribution in [0.5, 0.6) is 0 Å². The minimum Gasteiger partial charge on any atom is -0.296 e. The summed E-state index contributed by atoms with van der Waals surface area (Å²) in [4.78, 5) is 15.9. The van der Waals surface area contributed by atoms with Crippen molar-refractivity contribution in [1.82, 2.24) is 9.55 Å². The van der Waals surface area contributed by atoms with E-state index in [4.69, 9.17) is 11.6 Å². The first kappa shape index (κ1) is 12.2. The first-order valence-corrected chi connectivity index (χ1v) is 5.72. The summed E-state index contributed by atoms with van der Waals surface area (Å²) in [7, 11) is 0. The van der Waals surface area contributed by atoms with Crippen LogP contribution in [0.4, 0.5) is 0 Å². The molecule has 0 aliphatic carbocycles. The summed E-state index contributed by atoms with van der Waals surface area (Å²) in [6, 6.07) is 1.38. The molecule has 0 aliphatic heterocycles. The molecule has 0 saturated heterocycles. The topological polar surface area (TPSA) is 34.9 Å². The smallest absolute Gasteiger partial charge is 0.254 e. The molecular formula is C11H17ClN2O. The lowest BCUT2D eigenvalue weighted by Crippen LogP contribution is -2.26. The molecule has 0 radical (unpaired) electrons. The minimum atomic E-state index is -0.0489. The highest BCUT2D eigenvalue weighted by molar-refractivity contribution is 6.29. The van der Waals surface area contributed by atoms with Gasteiger partial charge < -0.3 is 0 Å². The van der Waals surface area contributed by atoms with Crippen molar-refractivity contribution in [2.45, 2.75) is 40.2 Å². The zero-order valence-electron chi connectivity index (χ0n) is 9.46. The Morgan fingerprint density at radius 2 is 2.20 bits per heavy atom. The largest absolute Gasteiger partial charge is 0.296 e. The maximum Gasteiger partial charge on any atom is 0.254 e. The van der Waals surface area contributed by atoms with Crippen molar-refractivity contribution in [3.8, 4) is 0 Å². The van der Waals surface area contributed by atoms with Crippen LogP contribution < -0.4 is 5.56 Å². The quantitative estimate of drug-likeness (QED) is 0.743. The van der Waals surface area contributed by atoms with Crippen LogP contribution in [-0.4, -0.2) is 9.55 Å². The van der Waals surface area contributed by atoms with Crippen LogP contribution in [0.15, 0.2) is 10.9 Å². The predicted molar refractivity (Wildman–Crippen MR) is 62.3 cm³/mol. The van der Waals surface area contributed by atoms with Gasteiger partial charge in [-0.2, -0.15) is 0 Å². The van der Waals surface area contributed by atoms with Crippen molar-refractivity contribution < 1.29 is 0 Å². The molecular weight excluding hydrogens is 212 g/mol. The van der Waals surface area contributed by atoms with Crippen molar-refractivity contribution >= 4 is 11.6 Å². The summed E-state index contributed by atoms with van der Waals surface area (Å²) in [5, 5.41) is 0.289. The van der Waals surface area contributed by atoms with Gasteiger partial charge in [0, 0.05) is 19.0 Å². The zero-order valence-corrected chi connectivity index (χ0v) is 10.2. The lowest BCUT2D eigenvalue weighted by atomic mass is 10.1. The van der Waals surface area contributed by atoms with E-state index in [0.717, 1.165) is 25.2 Å². The molecule has 1 aromatic heterocycles. The third kappa shape index (κ3) is 3.06. The van der Waals surface area contributed by atoms with E-state index in [1.807, 2.05) is 6.92 Å². The molecule has 1 rings (SSSR count). The number of halogens is 1. The normalized spacial score (nSPS) is 12.8. The maximum absolute atomic E-state index is 11.7. The zero-order chi connectivity index (χ0) is 11.4. The van der Waals surface area contributed by atoms with Gasteiger partial charge in [-0.3, -0.25) is 9.36 Å². The van der Waals surface area contributed by atoms with Crippen LogP contribution in [-0.2, 0) is 13.0 Å². The number of hydrogen-bond acceptors (Lipinski definition) is 2. The molecule has 1 unspecified atom stereocenters. The van der Waals surface area contributed by atoms with E-state index in [9.17, 15) is 4.79 Å². The van der Waals surface area contributed by atoms with Crippen molar-refractivity contribution in [3.63, 3.8) is 0 Å². The van der Waals surface area contributed by atoms with Gasteiger partial charge in [0.25, 0.3) is 5.56 Å². The van der Waals surface area contributed by atoms with Gasteiger partial charge in [0.2, 0.25) is 0 Å². The maximum atomic E-state index is 11.7. The van der Waals surface area contributed by atoms with E-state index in [1.54, 1.807) is 4.57 Å². The van der Waals surface area contributed by atoms with Gasteiger partial charge in [-0.25, -0.2) is 4.98 Å². The molecule has 4 heteroatoms. The van der Waals surface area contributed by atoms with E-state index >= 15 is 0 Å². The van der Waals surface area contributed by atoms with E-state index in [-0.39, 0.29) is 10.7 Å². The van der Waals surface area contributed by atoms with E-state index in [1.165, 1.54) is 6.07 Å². The molecule has 1 atom stereocenters. The second-order valence-electron chi connectivity index (χ2n) is 3.81. The van der Waals surface area contributed by atoms with E-state index in [0.29, 0.717) is 5.92 Å². The van der Waals surface area contributed by atoms with Gasteiger partial charge >= 0.3 is 0 Å². The Balaban J connectivity index is 3.10. The molecule has 0 N–H and O–H groups in total. The second kappa shape index (κ2) is 5.31. The summed E-state index contributed by atoms with van der Waals surface area (Å²) in [6.07, 6.45) is 1.78. The average Bonchev–Trinajstić information content (AvgIpc) is 2.21. The van der Waals surface area contributed by atoms with Crippen molar-refractivity contribution in [3.05, 3.63) is 27.4 Å². The highest BCUT2D eigenvalue weighted by Gasteiger charge is 2.08. The van der Waals surface area contributed by atoms with Crippen LogP contribution in [0.25, 0.3) is 0 Å². The molecule has 0 fully saturated rings. The SMILES string of the molecule is CCc1nc(Cl)cc(=O)n1CC(C)CC. The third-order valence-electron chi connectivity index (χ3n) is 2.56. The molecule has 3 nitrogen and oxygen atoms in total. The Hall–Kier alpha value is -0.830. The lowest BCUT2D eigenvalue weighted by molar-refractivity contribution is 0.444. The van der Waals surface area contributed by atoms with Crippen molar-refractivity contribution in [2.24, 2.45) is 5.92 Å². The van der Waals surface area contributed by atoms with Crippen LogP contribution >= 0.6 is 11.6 Å². The Bertz CT molecular complexity index is 387. The Morgan fingerprint density at radius 1 is 1.53 bits per heavy atom. The van der Waals surface area contributed by atoms with Crippen molar-refractivity contribution in [1.29, 1.82) is 0 Å². The number of hydrogen-bond donors (Lipinski definition) is 0. The third-order valence-corrected chi connectivity index (χ3v) is 2.76. The summed E-state index contributed by atoms with van der Waals surface area (Å²) < 4.78 is 1.72. The standard InChI is InChI=1S/C11H17ClN2O/c1-4-8(3)7-14-10(5-2)13-9(12)6-11(14)15/h6,8H,4-5,7H2,1-3H3. The van der Waals surface area contributed by atoms with Gasteiger partial charge in [-0.1, -0.05) is 38.8 Å². The fourth-order valence-corrected chi connectivity index (χ4v) is 1.62. The number of rotatable bonds is 4. The van der Waals surface area contributed by atoms with Gasteiger partial charge in [-0.15, -0.1) is 0 Å². The van der Waals surface area contributed by atoms with Crippen LogP contribution in [0, 0.1) is 5.92 Å². The van der Waals surface area contributed by atoms with Gasteiger partial charge in [0.1, 0.15) is 11.0 Å². The van der Waals surface area contributed by atoms with Crippen LogP contribution in [0.3, 0.4) is 0 Å². The first-order chi connectivity index (χ1) is 7.08. The Labute approximate surface area is 95.1 Å². The summed E-state index contributed by atoms with van der Waals surface area (Å²) in [6.45, 7) is 6.94. The Morgan fingerprint density at radius 3 is 2.73 bits per heavy atom. The van der Waals surface area contributed by atoms with Gasteiger partial charge in [0.15, 0.2) is 0 Å². The molecule has 1 heterocycles. The fourth-order valence-electron chi connectivity index (χ4n) is 1.43. The highest BCUT2D eigenvalue weighted by atomic mass is 35.5. The van der Waals surface area contributed by atoms with Gasteiger partial charge in [-0.05, 0) is 5.92 Å². The molecule has 1 aromatic rings. The summed E-state index contributed by atoms with van der Waals surface area (Å²) in [5.74, 6) is 1.25. The molecule has 84 valence electrons. The van der Waals surface area contributed by atoms with Crippen LogP contribution in [0.2, 0.25) is 5.15 Å². The summed E-state index contributed by atoms with van der Waals surface area (Å²) >= 11 is 5.75. The summed E-state index contributed by atoms with van der Waals surface area (Å²) in [5.41, 5.74) is -0.0489. The van der Waals surface area contributed by atoms with Crippen molar-refractivity contribution in [2.75, 3.05) is 0 Å². The Kier molecular flexibility index (Phi) is 4.33. The molecule has 15 heavy (non-hydrogen) atoms. The van der Waals surface area contributed by atoms with Gasteiger partial charge in [0.05, 0.1) is 0 Å². The second-order valence-corrected chi connectivity index (χ2v) is 4.20. The average molecular weight is 229 g/mol. The lowest BCUT2D eigenvalue weighted by Gasteiger charge is -2.14. The van der Waals surface area contributed by atoms with E-state index < -0.39 is 0 Å². The monoisotopic (exact) mass is 228 g/mol. The predicted octanol–water partition coefficient (Wildman–Crippen LogP) is 2.51. The minimum absolute atomic E-state index is 0.0489. The molecule has 0 spiro atoms. The van der Waals surface area contributed by atoms with Crippen LogP contribution in [0.1, 0.15) is 33.0 Å². The van der Waals surface area contributed by atoms with E-state index in [2.05, 4.69) is 18.8 Å². The molecule has 0 aliphatic rings. The molecule has 0 saturated carbocycles. The highest BCUT2D eigenvalue weighted by Crippen LogP contribution is 2.08.